The Bertz CT molecular complexity index is 214. The van der Waals surface area contributed by atoms with Gasteiger partial charge in [0.1, 0.15) is 0 Å². The Hall–Kier alpha value is -0.166. The quantitative estimate of drug-likeness (QED) is 0.441. The van der Waals surface area contributed by atoms with E-state index in [1.165, 1.54) is 6.42 Å². The molecule has 0 aromatic heterocycles. The summed E-state index contributed by atoms with van der Waals surface area (Å²) in [6.45, 7) is 18.0. The lowest BCUT2D eigenvalue weighted by atomic mass is 10.2. The highest BCUT2D eigenvalue weighted by molar-refractivity contribution is 6.76. The molecule has 0 aliphatic heterocycles. The second-order valence-electron chi connectivity index (χ2n) is 5.37. The minimum absolute atomic E-state index is 0.855. The van der Waals surface area contributed by atoms with Gasteiger partial charge in [-0.25, -0.2) is 0 Å². The Balaban J connectivity index is 3.42. The van der Waals surface area contributed by atoms with Crippen LogP contribution in [0.15, 0.2) is 24.6 Å². The maximum Gasteiger partial charge on any atom is 0.210 e. The standard InChI is InChI=1S/C13H28O2Si2/c1-7-16(3,4)14-12-10-9-11-13-15-17(5,6)8-2/h7-8H,1-2,9-13H2,3-6H3. The van der Waals surface area contributed by atoms with Crippen LogP contribution >= 0.6 is 0 Å². The third kappa shape index (κ3) is 9.53. The minimum atomic E-state index is -1.56. The topological polar surface area (TPSA) is 18.5 Å². The summed E-state index contributed by atoms with van der Waals surface area (Å²) in [4.78, 5) is 0. The summed E-state index contributed by atoms with van der Waals surface area (Å²) in [5.41, 5.74) is 3.96. The summed E-state index contributed by atoms with van der Waals surface area (Å²) in [5.74, 6) is 0. The van der Waals surface area contributed by atoms with Gasteiger partial charge in [0.2, 0.25) is 16.6 Å². The first-order valence-corrected chi connectivity index (χ1v) is 12.4. The molecule has 0 N–H and O–H groups in total. The zero-order valence-electron chi connectivity index (χ0n) is 11.9. The second kappa shape index (κ2) is 8.03. The molecule has 0 atom stereocenters. The Morgan fingerprint density at radius 1 is 0.765 bits per heavy atom. The Kier molecular flexibility index (Phi) is 7.95. The van der Waals surface area contributed by atoms with Crippen molar-refractivity contribution >= 4 is 16.6 Å². The van der Waals surface area contributed by atoms with Crippen molar-refractivity contribution in [3.8, 4) is 0 Å². The molecular weight excluding hydrogens is 244 g/mol. The van der Waals surface area contributed by atoms with Crippen LogP contribution in [0, 0.1) is 0 Å². The molecule has 17 heavy (non-hydrogen) atoms. The van der Waals surface area contributed by atoms with Crippen molar-refractivity contribution in [3.63, 3.8) is 0 Å². The first kappa shape index (κ1) is 16.8. The number of hydrogen-bond donors (Lipinski definition) is 0. The molecule has 0 aromatic rings. The molecule has 2 nitrogen and oxygen atoms in total. The summed E-state index contributed by atoms with van der Waals surface area (Å²) < 4.78 is 11.6. The van der Waals surface area contributed by atoms with E-state index in [9.17, 15) is 0 Å². The third-order valence-electron chi connectivity index (χ3n) is 2.72. The number of unbranched alkanes of at least 4 members (excludes halogenated alkanes) is 2. The molecule has 0 aromatic carbocycles. The molecule has 0 aliphatic carbocycles. The van der Waals surface area contributed by atoms with Gasteiger partial charge in [-0.2, -0.15) is 0 Å². The molecule has 0 fully saturated rings. The Labute approximate surface area is 109 Å². The van der Waals surface area contributed by atoms with Gasteiger partial charge >= 0.3 is 0 Å². The monoisotopic (exact) mass is 272 g/mol. The molecule has 0 rings (SSSR count). The van der Waals surface area contributed by atoms with E-state index in [1.54, 1.807) is 0 Å². The average Bonchev–Trinajstić information content (AvgIpc) is 2.27. The molecule has 100 valence electrons. The predicted molar refractivity (Wildman–Crippen MR) is 81.1 cm³/mol. The van der Waals surface area contributed by atoms with Crippen molar-refractivity contribution in [1.29, 1.82) is 0 Å². The lowest BCUT2D eigenvalue weighted by Crippen LogP contribution is -2.28. The van der Waals surface area contributed by atoms with Crippen LogP contribution in [0.25, 0.3) is 0 Å². The average molecular weight is 273 g/mol. The van der Waals surface area contributed by atoms with E-state index < -0.39 is 16.6 Å². The Morgan fingerprint density at radius 3 is 1.41 bits per heavy atom. The zero-order valence-corrected chi connectivity index (χ0v) is 13.9. The van der Waals surface area contributed by atoms with Gasteiger partial charge in [-0.1, -0.05) is 11.4 Å². The van der Waals surface area contributed by atoms with E-state index in [4.69, 9.17) is 8.85 Å². The molecule has 0 spiro atoms. The smallest absolute Gasteiger partial charge is 0.210 e. The molecule has 4 heteroatoms. The highest BCUT2D eigenvalue weighted by Crippen LogP contribution is 2.09. The van der Waals surface area contributed by atoms with Gasteiger partial charge in [0.05, 0.1) is 0 Å². The van der Waals surface area contributed by atoms with Crippen LogP contribution in [0.4, 0.5) is 0 Å². The third-order valence-corrected chi connectivity index (χ3v) is 6.58. The van der Waals surface area contributed by atoms with Crippen LogP contribution in [0.3, 0.4) is 0 Å². The number of hydrogen-bond acceptors (Lipinski definition) is 2. The van der Waals surface area contributed by atoms with E-state index in [0.29, 0.717) is 0 Å². The van der Waals surface area contributed by atoms with Crippen molar-refractivity contribution in [1.82, 2.24) is 0 Å². The normalized spacial score (nSPS) is 12.5. The van der Waals surface area contributed by atoms with Gasteiger partial charge in [-0.15, -0.1) is 13.2 Å². The fourth-order valence-electron chi connectivity index (χ4n) is 1.17. The predicted octanol–water partition coefficient (Wildman–Crippen LogP) is 4.05. The van der Waals surface area contributed by atoms with E-state index in [2.05, 4.69) is 39.3 Å². The van der Waals surface area contributed by atoms with Crippen LogP contribution in [0.1, 0.15) is 19.3 Å². The summed E-state index contributed by atoms with van der Waals surface area (Å²) in [5, 5.41) is 0. The van der Waals surface area contributed by atoms with Crippen LogP contribution in [0.2, 0.25) is 26.2 Å². The van der Waals surface area contributed by atoms with E-state index in [0.717, 1.165) is 26.1 Å². The van der Waals surface area contributed by atoms with Gasteiger partial charge in [0.15, 0.2) is 0 Å². The largest absolute Gasteiger partial charge is 0.414 e. The molecular formula is C13H28O2Si2. The Morgan fingerprint density at radius 2 is 1.12 bits per heavy atom. The van der Waals surface area contributed by atoms with Gasteiger partial charge in [-0.3, -0.25) is 0 Å². The first-order chi connectivity index (χ1) is 7.83. The van der Waals surface area contributed by atoms with Crippen LogP contribution in [-0.4, -0.2) is 29.8 Å². The van der Waals surface area contributed by atoms with Crippen molar-refractivity contribution in [2.45, 2.75) is 45.5 Å². The van der Waals surface area contributed by atoms with Gasteiger partial charge in [0, 0.05) is 13.2 Å². The SMILES string of the molecule is C=C[Si](C)(C)OCCCCCO[Si](C)(C)C=C. The molecule has 0 unspecified atom stereocenters. The van der Waals surface area contributed by atoms with Crippen molar-refractivity contribution in [2.24, 2.45) is 0 Å². The van der Waals surface area contributed by atoms with Crippen molar-refractivity contribution in [2.75, 3.05) is 13.2 Å². The summed E-state index contributed by atoms with van der Waals surface area (Å²) >= 11 is 0. The molecule has 0 saturated carbocycles. The second-order valence-corrected chi connectivity index (χ2v) is 13.2. The highest BCUT2D eigenvalue weighted by Gasteiger charge is 2.17. The summed E-state index contributed by atoms with van der Waals surface area (Å²) in [7, 11) is -3.11. The van der Waals surface area contributed by atoms with Crippen molar-refractivity contribution < 1.29 is 8.85 Å². The molecule has 0 amide bonds. The maximum atomic E-state index is 5.82. The van der Waals surface area contributed by atoms with Gasteiger partial charge in [0.25, 0.3) is 0 Å². The summed E-state index contributed by atoms with van der Waals surface area (Å²) in [6.07, 6.45) is 3.40. The molecule has 0 bridgehead atoms. The van der Waals surface area contributed by atoms with Crippen molar-refractivity contribution in [3.05, 3.63) is 24.6 Å². The van der Waals surface area contributed by atoms with E-state index in [-0.39, 0.29) is 0 Å². The van der Waals surface area contributed by atoms with Gasteiger partial charge in [-0.05, 0) is 45.5 Å². The van der Waals surface area contributed by atoms with E-state index in [1.807, 2.05) is 11.4 Å². The fraction of sp³-hybridized carbons (Fsp3) is 0.692. The lowest BCUT2D eigenvalue weighted by molar-refractivity contribution is 0.276. The first-order valence-electron chi connectivity index (χ1n) is 6.38. The lowest BCUT2D eigenvalue weighted by Gasteiger charge is -2.19. The molecule has 0 radical (unpaired) electrons. The van der Waals surface area contributed by atoms with Gasteiger partial charge < -0.3 is 8.85 Å². The molecule has 0 aliphatic rings. The maximum absolute atomic E-state index is 5.82. The zero-order chi connectivity index (χ0) is 13.4. The molecule has 0 saturated heterocycles. The number of rotatable bonds is 10. The summed E-state index contributed by atoms with van der Waals surface area (Å²) in [6, 6.07) is 0. The van der Waals surface area contributed by atoms with Crippen LogP contribution in [0.5, 0.6) is 0 Å². The van der Waals surface area contributed by atoms with Crippen LogP contribution in [-0.2, 0) is 8.85 Å². The fourth-order valence-corrected chi connectivity index (χ4v) is 2.75. The minimum Gasteiger partial charge on any atom is -0.414 e. The highest BCUT2D eigenvalue weighted by atomic mass is 28.4. The molecule has 0 heterocycles. The van der Waals surface area contributed by atoms with E-state index >= 15 is 0 Å². The van der Waals surface area contributed by atoms with Crippen LogP contribution < -0.4 is 0 Å².